The van der Waals surface area contributed by atoms with E-state index < -0.39 is 0 Å². The first-order chi connectivity index (χ1) is 9.74. The quantitative estimate of drug-likeness (QED) is 0.746. The van der Waals surface area contributed by atoms with E-state index in [4.69, 9.17) is 5.73 Å². The molecule has 0 unspecified atom stereocenters. The zero-order valence-corrected chi connectivity index (χ0v) is 10.7. The molecule has 2 aromatic carbocycles. The van der Waals surface area contributed by atoms with E-state index in [1.165, 1.54) is 0 Å². The van der Waals surface area contributed by atoms with Crippen LogP contribution in [0.5, 0.6) is 0 Å². The van der Waals surface area contributed by atoms with Crippen molar-refractivity contribution in [2.45, 2.75) is 0 Å². The number of para-hydroxylation sites is 1. The summed E-state index contributed by atoms with van der Waals surface area (Å²) in [4.78, 5) is 16.3. The summed E-state index contributed by atoms with van der Waals surface area (Å²) in [6.07, 6.45) is 0. The van der Waals surface area contributed by atoms with Gasteiger partial charge >= 0.3 is 0 Å². The molecule has 0 spiro atoms. The van der Waals surface area contributed by atoms with E-state index in [1.54, 1.807) is 6.07 Å². The monoisotopic (exact) mass is 263 g/mol. The normalized spacial score (nSPS) is 10.4. The number of carbonyl (C=O) groups is 1. The van der Waals surface area contributed by atoms with E-state index >= 15 is 0 Å². The maximum Gasteiger partial charge on any atom is 0.274 e. The Hall–Kier alpha value is -2.88. The van der Waals surface area contributed by atoms with Gasteiger partial charge in [-0.1, -0.05) is 42.5 Å². The molecule has 0 radical (unpaired) electrons. The summed E-state index contributed by atoms with van der Waals surface area (Å²) in [5.41, 5.74) is 6.94. The molecule has 3 aromatic rings. The second kappa shape index (κ2) is 5.01. The van der Waals surface area contributed by atoms with E-state index in [-0.39, 0.29) is 5.91 Å². The predicted octanol–water partition coefficient (Wildman–Crippen LogP) is 3.07. The molecular weight excluding hydrogens is 250 g/mol. The molecule has 4 heteroatoms. The number of carbonyl (C=O) groups excluding carboxylic acids is 1. The molecule has 0 aliphatic heterocycles. The van der Waals surface area contributed by atoms with Crippen molar-refractivity contribution >= 4 is 28.2 Å². The van der Waals surface area contributed by atoms with E-state index in [9.17, 15) is 4.79 Å². The van der Waals surface area contributed by atoms with Crippen molar-refractivity contribution in [3.05, 3.63) is 66.4 Å². The number of nitrogens with two attached hydrogens (primary N) is 1. The maximum atomic E-state index is 12.2. The molecule has 3 rings (SSSR count). The van der Waals surface area contributed by atoms with Crippen LogP contribution in [0.25, 0.3) is 10.8 Å². The van der Waals surface area contributed by atoms with Gasteiger partial charge in [-0.15, -0.1) is 0 Å². The van der Waals surface area contributed by atoms with Crippen molar-refractivity contribution < 1.29 is 4.79 Å². The zero-order chi connectivity index (χ0) is 13.9. The van der Waals surface area contributed by atoms with Crippen LogP contribution in [0, 0.1) is 0 Å². The fourth-order valence-electron chi connectivity index (χ4n) is 2.06. The molecule has 1 amide bonds. The summed E-state index contributed by atoms with van der Waals surface area (Å²) < 4.78 is 0. The SMILES string of the molecule is Nc1nc(C(=O)Nc2ccccc2)cc2ccccc12. The molecule has 1 aromatic heterocycles. The number of nitrogen functional groups attached to an aromatic ring is 1. The third kappa shape index (κ3) is 2.31. The first-order valence-corrected chi connectivity index (χ1v) is 6.26. The van der Waals surface area contributed by atoms with Crippen LogP contribution in [0.4, 0.5) is 11.5 Å². The van der Waals surface area contributed by atoms with Crippen molar-refractivity contribution in [2.75, 3.05) is 11.1 Å². The van der Waals surface area contributed by atoms with E-state index in [0.29, 0.717) is 11.5 Å². The van der Waals surface area contributed by atoms with Crippen molar-refractivity contribution in [3.63, 3.8) is 0 Å². The highest BCUT2D eigenvalue weighted by molar-refractivity contribution is 6.06. The van der Waals surface area contributed by atoms with Crippen molar-refractivity contribution in [1.29, 1.82) is 0 Å². The summed E-state index contributed by atoms with van der Waals surface area (Å²) in [7, 11) is 0. The molecule has 0 bridgehead atoms. The third-order valence-electron chi connectivity index (χ3n) is 3.03. The van der Waals surface area contributed by atoms with Crippen LogP contribution < -0.4 is 11.1 Å². The fourth-order valence-corrected chi connectivity index (χ4v) is 2.06. The van der Waals surface area contributed by atoms with Crippen LogP contribution >= 0.6 is 0 Å². The van der Waals surface area contributed by atoms with E-state index in [2.05, 4.69) is 10.3 Å². The fraction of sp³-hybridized carbons (Fsp3) is 0. The molecule has 3 N–H and O–H groups in total. The molecule has 0 saturated heterocycles. The van der Waals surface area contributed by atoms with Gasteiger partial charge < -0.3 is 11.1 Å². The summed E-state index contributed by atoms with van der Waals surface area (Å²) in [6, 6.07) is 18.6. The Morgan fingerprint density at radius 1 is 1.00 bits per heavy atom. The summed E-state index contributed by atoms with van der Waals surface area (Å²) >= 11 is 0. The van der Waals surface area contributed by atoms with Crippen LogP contribution in [0.2, 0.25) is 0 Å². The van der Waals surface area contributed by atoms with E-state index in [1.807, 2.05) is 54.6 Å². The number of rotatable bonds is 2. The van der Waals surface area contributed by atoms with Crippen LogP contribution in [-0.2, 0) is 0 Å². The molecule has 1 heterocycles. The Morgan fingerprint density at radius 3 is 2.50 bits per heavy atom. The minimum atomic E-state index is -0.270. The van der Waals surface area contributed by atoms with Gasteiger partial charge in [-0.3, -0.25) is 4.79 Å². The lowest BCUT2D eigenvalue weighted by atomic mass is 10.1. The number of aromatic nitrogens is 1. The highest BCUT2D eigenvalue weighted by atomic mass is 16.1. The van der Waals surface area contributed by atoms with Crippen molar-refractivity contribution in [1.82, 2.24) is 4.98 Å². The van der Waals surface area contributed by atoms with Crippen LogP contribution in [-0.4, -0.2) is 10.9 Å². The standard InChI is InChI=1S/C16H13N3O/c17-15-13-9-5-4-6-11(13)10-14(19-15)16(20)18-12-7-2-1-3-8-12/h1-10H,(H2,17,19)(H,18,20). The van der Waals surface area contributed by atoms with Gasteiger partial charge in [0.2, 0.25) is 0 Å². The minimum Gasteiger partial charge on any atom is -0.383 e. The molecule has 0 aliphatic rings. The third-order valence-corrected chi connectivity index (χ3v) is 3.03. The largest absolute Gasteiger partial charge is 0.383 e. The Bertz CT molecular complexity index is 769. The lowest BCUT2D eigenvalue weighted by Gasteiger charge is -2.07. The van der Waals surface area contributed by atoms with Gasteiger partial charge in [-0.05, 0) is 23.6 Å². The molecule has 0 aliphatic carbocycles. The molecule has 0 atom stereocenters. The first kappa shape index (κ1) is 12.2. The summed E-state index contributed by atoms with van der Waals surface area (Å²) in [6.45, 7) is 0. The number of amides is 1. The van der Waals surface area contributed by atoms with Gasteiger partial charge in [0, 0.05) is 11.1 Å². The van der Waals surface area contributed by atoms with Gasteiger partial charge in [0.1, 0.15) is 11.5 Å². The van der Waals surface area contributed by atoms with Crippen LogP contribution in [0.1, 0.15) is 10.5 Å². The lowest BCUT2D eigenvalue weighted by molar-refractivity contribution is 0.102. The number of fused-ring (bicyclic) bond motifs is 1. The second-order valence-electron chi connectivity index (χ2n) is 4.43. The Kier molecular flexibility index (Phi) is 3.05. The maximum absolute atomic E-state index is 12.2. The Morgan fingerprint density at radius 2 is 1.70 bits per heavy atom. The first-order valence-electron chi connectivity index (χ1n) is 6.26. The van der Waals surface area contributed by atoms with Crippen molar-refractivity contribution in [3.8, 4) is 0 Å². The summed E-state index contributed by atoms with van der Waals surface area (Å²) in [5.74, 6) is 0.0926. The average molecular weight is 263 g/mol. The average Bonchev–Trinajstić information content (AvgIpc) is 2.48. The van der Waals surface area contributed by atoms with Gasteiger partial charge in [-0.2, -0.15) is 0 Å². The zero-order valence-electron chi connectivity index (χ0n) is 10.7. The highest BCUT2D eigenvalue weighted by Gasteiger charge is 2.10. The number of hydrogen-bond acceptors (Lipinski definition) is 3. The Labute approximate surface area is 116 Å². The lowest BCUT2D eigenvalue weighted by Crippen LogP contribution is -2.14. The smallest absolute Gasteiger partial charge is 0.274 e. The summed E-state index contributed by atoms with van der Waals surface area (Å²) in [5, 5.41) is 4.54. The number of nitrogens with zero attached hydrogens (tertiary/aromatic N) is 1. The number of anilines is 2. The number of benzene rings is 2. The number of nitrogens with one attached hydrogen (secondary N) is 1. The van der Waals surface area contributed by atoms with Crippen molar-refractivity contribution in [2.24, 2.45) is 0 Å². The molecule has 0 fully saturated rings. The van der Waals surface area contributed by atoms with Gasteiger partial charge in [0.05, 0.1) is 0 Å². The highest BCUT2D eigenvalue weighted by Crippen LogP contribution is 2.20. The minimum absolute atomic E-state index is 0.270. The molecule has 0 saturated carbocycles. The van der Waals surface area contributed by atoms with Gasteiger partial charge in [0.15, 0.2) is 0 Å². The van der Waals surface area contributed by atoms with Crippen LogP contribution in [0.15, 0.2) is 60.7 Å². The van der Waals surface area contributed by atoms with Crippen LogP contribution in [0.3, 0.4) is 0 Å². The van der Waals surface area contributed by atoms with E-state index in [0.717, 1.165) is 16.5 Å². The molecule has 20 heavy (non-hydrogen) atoms. The molecular formula is C16H13N3O. The number of hydrogen-bond donors (Lipinski definition) is 2. The topological polar surface area (TPSA) is 68.0 Å². The number of pyridine rings is 1. The van der Waals surface area contributed by atoms with Gasteiger partial charge in [0.25, 0.3) is 5.91 Å². The molecule has 4 nitrogen and oxygen atoms in total. The molecule has 98 valence electrons. The Balaban J connectivity index is 1.96. The van der Waals surface area contributed by atoms with Gasteiger partial charge in [-0.25, -0.2) is 4.98 Å². The second-order valence-corrected chi connectivity index (χ2v) is 4.43. The predicted molar refractivity (Wildman–Crippen MR) is 80.6 cm³/mol.